The van der Waals surface area contributed by atoms with E-state index in [1.54, 1.807) is 0 Å². The summed E-state index contributed by atoms with van der Waals surface area (Å²) in [6, 6.07) is 11.6. The van der Waals surface area contributed by atoms with E-state index in [0.717, 1.165) is 18.2 Å². The Morgan fingerprint density at radius 1 is 1.20 bits per heavy atom. The number of nitriles is 1. The molecule has 3 nitrogen and oxygen atoms in total. The summed E-state index contributed by atoms with van der Waals surface area (Å²) in [5.74, 6) is 0. The van der Waals surface area contributed by atoms with Crippen LogP contribution >= 0.6 is 0 Å². The van der Waals surface area contributed by atoms with Crippen molar-refractivity contribution < 1.29 is 0 Å². The smallest absolute Gasteiger partial charge is 0.0991 e. The first-order valence-electron chi connectivity index (χ1n) is 7.73. The van der Waals surface area contributed by atoms with Gasteiger partial charge < -0.3 is 0 Å². The Hall–Kier alpha value is -1.37. The molecule has 2 unspecified atom stereocenters. The fraction of sp³-hybridized carbons (Fsp3) is 0.588. The third kappa shape index (κ3) is 2.87. The lowest BCUT2D eigenvalue weighted by atomic mass is 9.96. The van der Waals surface area contributed by atoms with Gasteiger partial charge in [0.1, 0.15) is 0 Å². The van der Waals surface area contributed by atoms with Crippen molar-refractivity contribution in [1.82, 2.24) is 9.80 Å². The molecule has 2 aliphatic heterocycles. The van der Waals surface area contributed by atoms with Crippen LogP contribution < -0.4 is 0 Å². The van der Waals surface area contributed by atoms with Gasteiger partial charge in [0.05, 0.1) is 11.6 Å². The molecule has 3 rings (SSSR count). The second kappa shape index (κ2) is 5.95. The van der Waals surface area contributed by atoms with Gasteiger partial charge in [-0.1, -0.05) is 18.6 Å². The molecule has 0 saturated carbocycles. The van der Waals surface area contributed by atoms with Crippen LogP contribution in [0.3, 0.4) is 0 Å². The molecule has 1 aromatic carbocycles. The molecule has 20 heavy (non-hydrogen) atoms. The van der Waals surface area contributed by atoms with Crippen LogP contribution in [0.1, 0.15) is 37.3 Å². The minimum absolute atomic E-state index is 0.625. The molecule has 0 amide bonds. The average Bonchev–Trinajstić information content (AvgIpc) is 2.49. The molecule has 2 aliphatic rings. The van der Waals surface area contributed by atoms with Gasteiger partial charge in [0, 0.05) is 31.7 Å². The van der Waals surface area contributed by atoms with Gasteiger partial charge in [0.2, 0.25) is 0 Å². The van der Waals surface area contributed by atoms with Crippen LogP contribution in [0.25, 0.3) is 0 Å². The topological polar surface area (TPSA) is 30.3 Å². The van der Waals surface area contributed by atoms with E-state index in [0.29, 0.717) is 6.04 Å². The van der Waals surface area contributed by atoms with Gasteiger partial charge in [-0.2, -0.15) is 5.26 Å². The fourth-order valence-electron chi connectivity index (χ4n) is 3.55. The zero-order valence-electron chi connectivity index (χ0n) is 12.3. The number of hydrogen-bond donors (Lipinski definition) is 0. The number of fused-ring (bicyclic) bond motifs is 1. The number of nitrogens with zero attached hydrogens (tertiary/aromatic N) is 3. The standard InChI is InChI=1S/C17H23N3/c1-14-11-19-9-3-2-4-17(19)13-20(14)12-16-7-5-15(10-18)6-8-16/h5-8,14,17H,2-4,9,11-13H2,1H3. The highest BCUT2D eigenvalue weighted by Crippen LogP contribution is 2.25. The Morgan fingerprint density at radius 2 is 2.00 bits per heavy atom. The summed E-state index contributed by atoms with van der Waals surface area (Å²) in [5, 5.41) is 8.86. The lowest BCUT2D eigenvalue weighted by Gasteiger charge is -2.47. The zero-order chi connectivity index (χ0) is 13.9. The van der Waals surface area contributed by atoms with Crippen LogP contribution in [0, 0.1) is 11.3 Å². The summed E-state index contributed by atoms with van der Waals surface area (Å²) in [6.07, 6.45) is 4.12. The molecule has 2 atom stereocenters. The molecule has 0 spiro atoms. The summed E-state index contributed by atoms with van der Waals surface area (Å²) in [4.78, 5) is 5.29. The van der Waals surface area contributed by atoms with E-state index in [2.05, 4.69) is 34.9 Å². The molecule has 0 aliphatic carbocycles. The van der Waals surface area contributed by atoms with Crippen LogP contribution in [-0.4, -0.2) is 41.5 Å². The van der Waals surface area contributed by atoms with Crippen LogP contribution in [0.4, 0.5) is 0 Å². The minimum Gasteiger partial charge on any atom is -0.298 e. The van der Waals surface area contributed by atoms with E-state index in [1.807, 2.05) is 12.1 Å². The van der Waals surface area contributed by atoms with Gasteiger partial charge in [0.15, 0.2) is 0 Å². The van der Waals surface area contributed by atoms with E-state index in [1.165, 1.54) is 44.5 Å². The molecule has 0 radical (unpaired) electrons. The van der Waals surface area contributed by atoms with Crippen molar-refractivity contribution in [2.75, 3.05) is 19.6 Å². The van der Waals surface area contributed by atoms with Crippen molar-refractivity contribution in [1.29, 1.82) is 5.26 Å². The van der Waals surface area contributed by atoms with E-state index in [4.69, 9.17) is 5.26 Å². The van der Waals surface area contributed by atoms with Crippen molar-refractivity contribution >= 4 is 0 Å². The summed E-state index contributed by atoms with van der Waals surface area (Å²) in [7, 11) is 0. The van der Waals surface area contributed by atoms with E-state index in [9.17, 15) is 0 Å². The number of rotatable bonds is 2. The number of benzene rings is 1. The van der Waals surface area contributed by atoms with Crippen LogP contribution in [0.15, 0.2) is 24.3 Å². The second-order valence-electron chi connectivity index (χ2n) is 6.23. The second-order valence-corrected chi connectivity index (χ2v) is 6.23. The molecule has 0 bridgehead atoms. The lowest BCUT2D eigenvalue weighted by Crippen LogP contribution is -2.58. The van der Waals surface area contributed by atoms with Crippen molar-refractivity contribution in [2.45, 2.75) is 44.8 Å². The van der Waals surface area contributed by atoms with Gasteiger partial charge in [-0.05, 0) is 44.0 Å². The van der Waals surface area contributed by atoms with Crippen LogP contribution in [0.2, 0.25) is 0 Å². The SMILES string of the molecule is CC1CN2CCCCC2CN1Cc1ccc(C#N)cc1. The molecule has 3 heteroatoms. The highest BCUT2D eigenvalue weighted by molar-refractivity contribution is 5.31. The van der Waals surface area contributed by atoms with Gasteiger partial charge in [-0.25, -0.2) is 0 Å². The van der Waals surface area contributed by atoms with Crippen molar-refractivity contribution in [3.8, 4) is 6.07 Å². The van der Waals surface area contributed by atoms with Gasteiger partial charge in [-0.15, -0.1) is 0 Å². The third-order valence-electron chi connectivity index (χ3n) is 4.79. The normalized spacial score (nSPS) is 27.8. The van der Waals surface area contributed by atoms with E-state index >= 15 is 0 Å². The van der Waals surface area contributed by atoms with Gasteiger partial charge in [0.25, 0.3) is 0 Å². The zero-order valence-corrected chi connectivity index (χ0v) is 12.3. The molecular formula is C17H23N3. The monoisotopic (exact) mass is 269 g/mol. The highest BCUT2D eigenvalue weighted by Gasteiger charge is 2.32. The van der Waals surface area contributed by atoms with Gasteiger partial charge in [-0.3, -0.25) is 9.80 Å². The predicted octanol–water partition coefficient (Wildman–Crippen LogP) is 2.62. The Balaban J connectivity index is 1.65. The summed E-state index contributed by atoms with van der Waals surface area (Å²) in [5.41, 5.74) is 2.07. The van der Waals surface area contributed by atoms with Crippen LogP contribution in [-0.2, 0) is 6.54 Å². The Bertz CT molecular complexity index is 488. The number of hydrogen-bond acceptors (Lipinski definition) is 3. The molecule has 0 N–H and O–H groups in total. The van der Waals surface area contributed by atoms with Gasteiger partial charge >= 0.3 is 0 Å². The van der Waals surface area contributed by atoms with Crippen molar-refractivity contribution in [3.63, 3.8) is 0 Å². The molecule has 2 saturated heterocycles. The highest BCUT2D eigenvalue weighted by atomic mass is 15.3. The summed E-state index contributed by atoms with van der Waals surface area (Å²) in [6.45, 7) is 7.05. The lowest BCUT2D eigenvalue weighted by molar-refractivity contribution is 0.0111. The molecule has 0 aromatic heterocycles. The molecular weight excluding hydrogens is 246 g/mol. The fourth-order valence-corrected chi connectivity index (χ4v) is 3.55. The summed E-state index contributed by atoms with van der Waals surface area (Å²) < 4.78 is 0. The van der Waals surface area contributed by atoms with Crippen LogP contribution in [0.5, 0.6) is 0 Å². The molecule has 2 heterocycles. The molecule has 1 aromatic rings. The summed E-state index contributed by atoms with van der Waals surface area (Å²) >= 11 is 0. The van der Waals surface area contributed by atoms with Crippen molar-refractivity contribution in [3.05, 3.63) is 35.4 Å². The van der Waals surface area contributed by atoms with E-state index < -0.39 is 0 Å². The van der Waals surface area contributed by atoms with E-state index in [-0.39, 0.29) is 0 Å². The maximum absolute atomic E-state index is 8.86. The third-order valence-corrected chi connectivity index (χ3v) is 4.79. The first kappa shape index (κ1) is 13.6. The Labute approximate surface area is 121 Å². The quantitative estimate of drug-likeness (QED) is 0.827. The number of piperazine rings is 1. The number of piperidine rings is 1. The first-order chi connectivity index (χ1) is 9.76. The predicted molar refractivity (Wildman–Crippen MR) is 80.2 cm³/mol. The Kier molecular flexibility index (Phi) is 4.05. The largest absolute Gasteiger partial charge is 0.298 e. The molecule has 106 valence electrons. The molecule has 2 fully saturated rings. The minimum atomic E-state index is 0.625. The average molecular weight is 269 g/mol. The maximum Gasteiger partial charge on any atom is 0.0991 e. The first-order valence-corrected chi connectivity index (χ1v) is 7.73. The maximum atomic E-state index is 8.86. The Morgan fingerprint density at radius 3 is 2.75 bits per heavy atom. The van der Waals surface area contributed by atoms with Crippen molar-refractivity contribution in [2.24, 2.45) is 0 Å².